The summed E-state index contributed by atoms with van der Waals surface area (Å²) in [6, 6.07) is 8.57. The van der Waals surface area contributed by atoms with E-state index in [-0.39, 0.29) is 32.7 Å². The lowest BCUT2D eigenvalue weighted by Crippen LogP contribution is -2.43. The fourth-order valence-corrected chi connectivity index (χ4v) is 5.49. The minimum Gasteiger partial charge on any atom is -0.334 e. The maximum absolute atomic E-state index is 15.2. The van der Waals surface area contributed by atoms with Crippen LogP contribution in [0.2, 0.25) is 0 Å². The molecular formula is C25H22F2IN7O. The third-order valence-electron chi connectivity index (χ3n) is 7.00. The zero-order valence-corrected chi connectivity index (χ0v) is 21.3. The summed E-state index contributed by atoms with van der Waals surface area (Å²) < 4.78 is 31.7. The number of hydrogen-bond acceptors (Lipinski definition) is 6. The minimum absolute atomic E-state index is 0.00546. The molecule has 1 aromatic carbocycles. The van der Waals surface area contributed by atoms with Crippen LogP contribution < -0.4 is 0 Å². The van der Waals surface area contributed by atoms with Crippen molar-refractivity contribution in [3.8, 4) is 0 Å². The van der Waals surface area contributed by atoms with E-state index in [1.807, 2.05) is 45.8 Å². The number of rotatable bonds is 4. The van der Waals surface area contributed by atoms with E-state index in [0.717, 1.165) is 31.6 Å². The maximum atomic E-state index is 15.2. The zero-order chi connectivity index (χ0) is 24.8. The number of nitrogens with zero attached hydrogens (tertiary/aromatic N) is 7. The summed E-state index contributed by atoms with van der Waals surface area (Å²) in [6.07, 6.45) is 6.80. The van der Waals surface area contributed by atoms with Gasteiger partial charge in [0.05, 0.1) is 35.1 Å². The molecule has 0 aliphatic carbocycles. The van der Waals surface area contributed by atoms with E-state index in [9.17, 15) is 9.18 Å². The van der Waals surface area contributed by atoms with Gasteiger partial charge in [-0.2, -0.15) is 10.2 Å². The Morgan fingerprint density at radius 2 is 1.97 bits per heavy atom. The first-order valence-electron chi connectivity index (χ1n) is 11.8. The average molecular weight is 601 g/mol. The predicted molar refractivity (Wildman–Crippen MR) is 139 cm³/mol. The van der Waals surface area contributed by atoms with E-state index in [4.69, 9.17) is 5.10 Å². The van der Waals surface area contributed by atoms with Crippen molar-refractivity contribution < 1.29 is 13.6 Å². The van der Waals surface area contributed by atoms with Crippen LogP contribution in [0.1, 0.15) is 35.7 Å². The molecule has 2 aliphatic heterocycles. The van der Waals surface area contributed by atoms with Gasteiger partial charge >= 0.3 is 0 Å². The van der Waals surface area contributed by atoms with Crippen molar-refractivity contribution in [1.82, 2.24) is 29.5 Å². The Bertz CT molecular complexity index is 1500. The van der Waals surface area contributed by atoms with Crippen LogP contribution in [0.3, 0.4) is 0 Å². The molecule has 1 saturated heterocycles. The number of imidazole rings is 1. The average Bonchev–Trinajstić information content (AvgIpc) is 3.54. The fraction of sp³-hybridized carbons (Fsp3) is 0.320. The molecule has 0 bridgehead atoms. The summed E-state index contributed by atoms with van der Waals surface area (Å²) in [5.41, 5.74) is 2.27. The van der Waals surface area contributed by atoms with Gasteiger partial charge in [-0.1, -0.05) is 0 Å². The molecule has 0 saturated carbocycles. The summed E-state index contributed by atoms with van der Waals surface area (Å²) in [6.45, 7) is 2.18. The fourth-order valence-electron chi connectivity index (χ4n) is 5.00. The van der Waals surface area contributed by atoms with E-state index in [1.165, 1.54) is 12.3 Å². The van der Waals surface area contributed by atoms with Crippen LogP contribution in [0, 0.1) is 11.6 Å². The van der Waals surface area contributed by atoms with Crippen LogP contribution in [0.15, 0.2) is 47.8 Å². The lowest BCUT2D eigenvalue weighted by molar-refractivity contribution is 0.136. The first-order valence-corrected chi connectivity index (χ1v) is 12.9. The van der Waals surface area contributed by atoms with Gasteiger partial charge in [0.2, 0.25) is 0 Å². The molecule has 1 unspecified atom stereocenters. The molecular weight excluding hydrogens is 579 g/mol. The van der Waals surface area contributed by atoms with Crippen LogP contribution in [0.4, 0.5) is 13.6 Å². The molecule has 0 N–H and O–H groups in total. The number of benzene rings is 1. The number of hydrazone groups is 1. The topological polar surface area (TPSA) is 79.0 Å². The SMILES string of the molecule is O=C(I)N1CCC(N2CC(c3ccc4ncc(Cc5c(F)cc6ncccc6c5F)n4n3)C=N2)CC1. The number of halogens is 3. The van der Waals surface area contributed by atoms with E-state index in [1.54, 1.807) is 22.8 Å². The Hall–Kier alpha value is -3.22. The third-order valence-corrected chi connectivity index (χ3v) is 7.68. The van der Waals surface area contributed by atoms with Gasteiger partial charge in [-0.3, -0.25) is 14.8 Å². The molecule has 11 heteroatoms. The van der Waals surface area contributed by atoms with Gasteiger partial charge < -0.3 is 4.90 Å². The first-order chi connectivity index (χ1) is 17.5. The standard InChI is InChI=1S/C25H22F2IN7O/c26-20-11-22-18(2-1-7-29-22)24(27)19(20)10-17-13-30-23-4-3-21(32-35(17)23)15-12-31-34(14-15)16-5-8-33(9-6-16)25(28)36/h1-4,7,11-13,15-16H,5-6,8-10,14H2. The molecule has 4 aromatic rings. The maximum Gasteiger partial charge on any atom is 0.283 e. The molecule has 8 nitrogen and oxygen atoms in total. The van der Waals surface area contributed by atoms with Crippen LogP contribution >= 0.6 is 22.6 Å². The second-order valence-corrected chi connectivity index (χ2v) is 10.1. The second kappa shape index (κ2) is 9.34. The number of piperidine rings is 1. The Morgan fingerprint density at radius 3 is 2.78 bits per heavy atom. The molecule has 0 spiro atoms. The van der Waals surface area contributed by atoms with Crippen LogP contribution in [-0.4, -0.2) is 65.3 Å². The highest BCUT2D eigenvalue weighted by molar-refractivity contribution is 14.1. The largest absolute Gasteiger partial charge is 0.334 e. The highest BCUT2D eigenvalue weighted by Gasteiger charge is 2.30. The molecule has 1 amide bonds. The van der Waals surface area contributed by atoms with E-state index >= 15 is 4.39 Å². The summed E-state index contributed by atoms with van der Waals surface area (Å²) in [5, 5.41) is 11.8. The monoisotopic (exact) mass is 601 g/mol. The van der Waals surface area contributed by atoms with E-state index < -0.39 is 11.6 Å². The summed E-state index contributed by atoms with van der Waals surface area (Å²) >= 11 is 1.83. The second-order valence-electron chi connectivity index (χ2n) is 9.14. The van der Waals surface area contributed by atoms with E-state index in [0.29, 0.717) is 23.9 Å². The Balaban J connectivity index is 1.23. The lowest BCUT2D eigenvalue weighted by atomic mass is 10.0. The lowest BCUT2D eigenvalue weighted by Gasteiger charge is -2.35. The molecule has 1 atom stereocenters. The van der Waals surface area contributed by atoms with Crippen molar-refractivity contribution in [2.45, 2.75) is 31.2 Å². The minimum atomic E-state index is -0.640. The van der Waals surface area contributed by atoms with Gasteiger partial charge in [0.25, 0.3) is 3.91 Å². The number of fused-ring (bicyclic) bond motifs is 2. The molecule has 36 heavy (non-hydrogen) atoms. The summed E-state index contributed by atoms with van der Waals surface area (Å²) in [7, 11) is 0. The molecule has 6 rings (SSSR count). The highest BCUT2D eigenvalue weighted by atomic mass is 127. The first kappa shape index (κ1) is 23.2. The summed E-state index contributed by atoms with van der Waals surface area (Å²) in [5.74, 6) is -1.26. The molecule has 1 fully saturated rings. The molecule has 0 radical (unpaired) electrons. The number of aromatic nitrogens is 4. The van der Waals surface area contributed by atoms with Gasteiger partial charge in [0.15, 0.2) is 5.65 Å². The predicted octanol–water partition coefficient (Wildman–Crippen LogP) is 4.55. The van der Waals surface area contributed by atoms with Crippen LogP contribution in [-0.2, 0) is 6.42 Å². The van der Waals surface area contributed by atoms with Crippen molar-refractivity contribution >= 4 is 49.3 Å². The number of pyridine rings is 1. The number of likely N-dealkylation sites (tertiary alicyclic amines) is 1. The van der Waals surface area contributed by atoms with Crippen LogP contribution in [0.5, 0.6) is 0 Å². The smallest absolute Gasteiger partial charge is 0.283 e. The zero-order valence-electron chi connectivity index (χ0n) is 19.2. The van der Waals surface area contributed by atoms with Gasteiger partial charge in [0, 0.05) is 78.1 Å². The normalized spacial score (nSPS) is 18.6. The third kappa shape index (κ3) is 4.18. The van der Waals surface area contributed by atoms with Crippen molar-refractivity contribution in [3.05, 3.63) is 71.3 Å². The van der Waals surface area contributed by atoms with Gasteiger partial charge in [-0.05, 0) is 37.1 Å². The number of carbonyl (C=O) groups excluding carboxylic acids is 1. The Morgan fingerprint density at radius 1 is 1.14 bits per heavy atom. The van der Waals surface area contributed by atoms with Gasteiger partial charge in [-0.15, -0.1) is 0 Å². The molecule has 5 heterocycles. The molecule has 184 valence electrons. The quantitative estimate of drug-likeness (QED) is 0.195. The number of hydrogen-bond donors (Lipinski definition) is 0. The molecule has 2 aliphatic rings. The Labute approximate surface area is 219 Å². The van der Waals surface area contributed by atoms with Crippen molar-refractivity contribution in [1.29, 1.82) is 0 Å². The summed E-state index contributed by atoms with van der Waals surface area (Å²) in [4.78, 5) is 21.9. The van der Waals surface area contributed by atoms with Gasteiger partial charge in [-0.25, -0.2) is 18.3 Å². The van der Waals surface area contributed by atoms with Crippen molar-refractivity contribution in [2.24, 2.45) is 5.10 Å². The van der Waals surface area contributed by atoms with Crippen molar-refractivity contribution in [2.75, 3.05) is 19.6 Å². The highest BCUT2D eigenvalue weighted by Crippen LogP contribution is 2.27. The van der Waals surface area contributed by atoms with Crippen LogP contribution in [0.25, 0.3) is 16.6 Å². The number of amides is 1. The Kier molecular flexibility index (Phi) is 6.02. The van der Waals surface area contributed by atoms with Crippen molar-refractivity contribution in [3.63, 3.8) is 0 Å². The molecule has 3 aromatic heterocycles. The van der Waals surface area contributed by atoms with E-state index in [2.05, 4.69) is 20.1 Å². The van der Waals surface area contributed by atoms with Gasteiger partial charge in [0.1, 0.15) is 11.6 Å². The number of carbonyl (C=O) groups is 1.